The van der Waals surface area contributed by atoms with Crippen LogP contribution in [-0.4, -0.2) is 24.7 Å². The van der Waals surface area contributed by atoms with E-state index in [9.17, 15) is 5.11 Å². The summed E-state index contributed by atoms with van der Waals surface area (Å²) in [7, 11) is 0. The van der Waals surface area contributed by atoms with Crippen LogP contribution in [0.4, 0.5) is 0 Å². The zero-order valence-electron chi connectivity index (χ0n) is 11.7. The van der Waals surface area contributed by atoms with E-state index >= 15 is 0 Å². The predicted octanol–water partition coefficient (Wildman–Crippen LogP) is 3.20. The molecule has 1 aromatic carbocycles. The van der Waals surface area contributed by atoms with E-state index in [-0.39, 0.29) is 5.75 Å². The minimum Gasteiger partial charge on any atom is -0.507 e. The Labute approximate surface area is 129 Å². The van der Waals surface area contributed by atoms with Crippen molar-refractivity contribution < 1.29 is 5.11 Å². The molecule has 22 heavy (non-hydrogen) atoms. The van der Waals surface area contributed by atoms with Gasteiger partial charge in [0.15, 0.2) is 11.5 Å². The van der Waals surface area contributed by atoms with Crippen LogP contribution < -0.4 is 0 Å². The largest absolute Gasteiger partial charge is 0.507 e. The van der Waals surface area contributed by atoms with Crippen LogP contribution in [0.3, 0.4) is 0 Å². The minimum absolute atomic E-state index is 0.193. The molecule has 0 atom stereocenters. The van der Waals surface area contributed by atoms with Crippen molar-refractivity contribution >= 4 is 27.2 Å². The van der Waals surface area contributed by atoms with Gasteiger partial charge in [0.1, 0.15) is 16.9 Å². The molecule has 4 aromatic rings. The lowest BCUT2D eigenvalue weighted by atomic mass is 10.2. The van der Waals surface area contributed by atoms with Crippen LogP contribution in [-0.2, 0) is 12.8 Å². The van der Waals surface area contributed by atoms with Gasteiger partial charge in [0.25, 0.3) is 0 Å². The maximum absolute atomic E-state index is 10.0. The first kappa shape index (κ1) is 12.1. The first-order valence-electron chi connectivity index (χ1n) is 7.25. The molecule has 0 saturated heterocycles. The molecule has 0 saturated carbocycles. The average molecular weight is 308 g/mol. The molecule has 1 N–H and O–H groups in total. The van der Waals surface area contributed by atoms with Gasteiger partial charge < -0.3 is 5.11 Å². The maximum atomic E-state index is 10.0. The number of hydrogen-bond donors (Lipinski definition) is 1. The molecule has 108 valence electrons. The number of aromatic nitrogens is 4. The van der Waals surface area contributed by atoms with Crippen LogP contribution in [0.1, 0.15) is 16.9 Å². The molecule has 3 heterocycles. The number of phenolic OH excluding ortho intramolecular Hbond substituents is 1. The fourth-order valence-corrected chi connectivity index (χ4v) is 4.39. The number of aromatic hydroxyl groups is 1. The van der Waals surface area contributed by atoms with Crippen LogP contribution in [0.2, 0.25) is 0 Å². The number of benzene rings is 1. The van der Waals surface area contributed by atoms with Crippen molar-refractivity contribution in [3.05, 3.63) is 41.0 Å². The summed E-state index contributed by atoms with van der Waals surface area (Å²) in [6.07, 6.45) is 5.15. The fourth-order valence-electron chi connectivity index (χ4n) is 3.17. The Balaban J connectivity index is 1.84. The number of fused-ring (bicyclic) bond motifs is 5. The van der Waals surface area contributed by atoms with Gasteiger partial charge in [0, 0.05) is 4.88 Å². The molecular formula is C16H12N4OS. The van der Waals surface area contributed by atoms with E-state index < -0.39 is 0 Å². The monoisotopic (exact) mass is 308 g/mol. The molecule has 0 spiro atoms. The number of thiophene rings is 1. The van der Waals surface area contributed by atoms with Crippen LogP contribution in [0.25, 0.3) is 27.3 Å². The summed E-state index contributed by atoms with van der Waals surface area (Å²) in [5.74, 6) is 0.725. The molecule has 0 radical (unpaired) electrons. The SMILES string of the molecule is Oc1ccccc1-c1nc2c3c4c(sc3ncn2n1)CCC4. The Bertz CT molecular complexity index is 1030. The fraction of sp³-hybridized carbons (Fsp3) is 0.188. The minimum atomic E-state index is 0.193. The Morgan fingerprint density at radius 1 is 1.18 bits per heavy atom. The van der Waals surface area contributed by atoms with E-state index in [1.165, 1.54) is 16.9 Å². The highest BCUT2D eigenvalue weighted by molar-refractivity contribution is 7.19. The third-order valence-corrected chi connectivity index (χ3v) is 5.39. The van der Waals surface area contributed by atoms with Gasteiger partial charge in [-0.05, 0) is 37.0 Å². The second kappa shape index (κ2) is 4.27. The molecule has 3 aromatic heterocycles. The molecule has 0 amide bonds. The van der Waals surface area contributed by atoms with E-state index in [1.54, 1.807) is 34.3 Å². The summed E-state index contributed by atoms with van der Waals surface area (Å²) >= 11 is 1.77. The highest BCUT2D eigenvalue weighted by Crippen LogP contribution is 2.38. The highest BCUT2D eigenvalue weighted by Gasteiger charge is 2.22. The van der Waals surface area contributed by atoms with Gasteiger partial charge in [-0.25, -0.2) is 14.5 Å². The van der Waals surface area contributed by atoms with Gasteiger partial charge in [0.05, 0.1) is 10.9 Å². The van der Waals surface area contributed by atoms with Gasteiger partial charge in [-0.2, -0.15) is 0 Å². The molecular weight excluding hydrogens is 296 g/mol. The first-order valence-corrected chi connectivity index (χ1v) is 8.07. The first-order chi connectivity index (χ1) is 10.8. The lowest BCUT2D eigenvalue weighted by Gasteiger charge is -1.97. The zero-order chi connectivity index (χ0) is 14.7. The van der Waals surface area contributed by atoms with Crippen molar-refractivity contribution in [2.75, 3.05) is 0 Å². The molecule has 5 rings (SSSR count). The molecule has 0 aliphatic heterocycles. The Morgan fingerprint density at radius 3 is 3.00 bits per heavy atom. The number of para-hydroxylation sites is 1. The molecule has 1 aliphatic carbocycles. The van der Waals surface area contributed by atoms with Crippen molar-refractivity contribution in [3.8, 4) is 17.1 Å². The summed E-state index contributed by atoms with van der Waals surface area (Å²) in [6, 6.07) is 7.14. The third-order valence-electron chi connectivity index (χ3n) is 4.19. The predicted molar refractivity (Wildman–Crippen MR) is 85.3 cm³/mol. The zero-order valence-corrected chi connectivity index (χ0v) is 12.5. The lowest BCUT2D eigenvalue weighted by Crippen LogP contribution is -1.90. The normalized spacial score (nSPS) is 14.0. The summed E-state index contributed by atoms with van der Waals surface area (Å²) in [6.45, 7) is 0. The van der Waals surface area contributed by atoms with Crippen molar-refractivity contribution in [1.82, 2.24) is 19.6 Å². The molecule has 5 nitrogen and oxygen atoms in total. The number of nitrogens with zero attached hydrogens (tertiary/aromatic N) is 4. The Kier molecular flexibility index (Phi) is 2.35. The summed E-state index contributed by atoms with van der Waals surface area (Å²) in [4.78, 5) is 11.7. The van der Waals surface area contributed by atoms with Crippen LogP contribution in [0.5, 0.6) is 5.75 Å². The number of aryl methyl sites for hydroxylation is 2. The summed E-state index contributed by atoms with van der Waals surface area (Å²) in [5, 5.41) is 15.6. The van der Waals surface area contributed by atoms with Crippen LogP contribution in [0, 0.1) is 0 Å². The van der Waals surface area contributed by atoms with Crippen LogP contribution in [0.15, 0.2) is 30.6 Å². The van der Waals surface area contributed by atoms with Crippen LogP contribution >= 0.6 is 11.3 Å². The van der Waals surface area contributed by atoms with Gasteiger partial charge >= 0.3 is 0 Å². The smallest absolute Gasteiger partial charge is 0.185 e. The van der Waals surface area contributed by atoms with E-state index in [4.69, 9.17) is 0 Å². The molecule has 0 fully saturated rings. The van der Waals surface area contributed by atoms with E-state index in [2.05, 4.69) is 15.1 Å². The van der Waals surface area contributed by atoms with Crippen molar-refractivity contribution in [2.45, 2.75) is 19.3 Å². The Morgan fingerprint density at radius 2 is 2.09 bits per heavy atom. The molecule has 6 heteroatoms. The maximum Gasteiger partial charge on any atom is 0.185 e. The average Bonchev–Trinajstić information content (AvgIpc) is 3.19. The highest BCUT2D eigenvalue weighted by atomic mass is 32.1. The van der Waals surface area contributed by atoms with Crippen molar-refractivity contribution in [2.24, 2.45) is 0 Å². The van der Waals surface area contributed by atoms with Gasteiger partial charge in [0.2, 0.25) is 0 Å². The van der Waals surface area contributed by atoms with E-state index in [0.29, 0.717) is 11.4 Å². The third kappa shape index (κ3) is 1.55. The Hall–Kier alpha value is -2.47. The van der Waals surface area contributed by atoms with Crippen molar-refractivity contribution in [1.29, 1.82) is 0 Å². The quantitative estimate of drug-likeness (QED) is 0.586. The topological polar surface area (TPSA) is 63.3 Å². The van der Waals surface area contributed by atoms with Gasteiger partial charge in [-0.1, -0.05) is 12.1 Å². The van der Waals surface area contributed by atoms with Gasteiger partial charge in [-0.15, -0.1) is 16.4 Å². The molecule has 1 aliphatic rings. The second-order valence-electron chi connectivity index (χ2n) is 5.50. The second-order valence-corrected chi connectivity index (χ2v) is 6.59. The van der Waals surface area contributed by atoms with Crippen molar-refractivity contribution in [3.63, 3.8) is 0 Å². The number of phenols is 1. The standard InChI is InChI=1S/C16H12N4OS/c21-11-6-2-1-4-9(11)14-18-15-13-10-5-3-7-12(10)22-16(13)17-8-20(15)19-14/h1-2,4,6,8,21H,3,5,7H2. The van der Waals surface area contributed by atoms with Gasteiger partial charge in [-0.3, -0.25) is 0 Å². The molecule has 0 unspecified atom stereocenters. The summed E-state index contributed by atoms with van der Waals surface area (Å²) in [5.41, 5.74) is 2.86. The van der Waals surface area contributed by atoms with E-state index in [1.807, 2.05) is 12.1 Å². The number of hydrogen-bond acceptors (Lipinski definition) is 5. The molecule has 0 bridgehead atoms. The summed E-state index contributed by atoms with van der Waals surface area (Å²) < 4.78 is 1.72. The number of rotatable bonds is 1. The van der Waals surface area contributed by atoms with E-state index in [0.717, 1.165) is 28.7 Å². The lowest BCUT2D eigenvalue weighted by molar-refractivity contribution is 0.477.